The summed E-state index contributed by atoms with van der Waals surface area (Å²) in [5.74, 6) is 0. The van der Waals surface area contributed by atoms with Gasteiger partial charge in [-0.1, -0.05) is 19.1 Å². The Labute approximate surface area is 84.3 Å². The Kier molecular flexibility index (Phi) is 6.34. The van der Waals surface area contributed by atoms with E-state index in [1.54, 1.807) is 0 Å². The predicted molar refractivity (Wildman–Crippen MR) is 62.6 cm³/mol. The molecule has 0 fully saturated rings. The quantitative estimate of drug-likeness (QED) is 0.465. The lowest BCUT2D eigenvalue weighted by Crippen LogP contribution is -2.35. The van der Waals surface area contributed by atoms with Crippen molar-refractivity contribution in [2.75, 3.05) is 6.61 Å². The summed E-state index contributed by atoms with van der Waals surface area (Å²) in [6.45, 7) is 12.0. The van der Waals surface area contributed by atoms with Gasteiger partial charge in [-0.3, -0.25) is 0 Å². The Hall–Kier alpha value is -0.0831. The van der Waals surface area contributed by atoms with Crippen molar-refractivity contribution in [2.24, 2.45) is 0 Å². The smallest absolute Gasteiger partial charge is 0.189 e. The monoisotopic (exact) mass is 200 g/mol. The molecular weight excluding hydrogens is 176 g/mol. The van der Waals surface area contributed by atoms with Gasteiger partial charge in [-0.15, -0.1) is 0 Å². The topological polar surface area (TPSA) is 9.23 Å². The molecule has 0 aromatic carbocycles. The zero-order valence-corrected chi connectivity index (χ0v) is 10.8. The molecule has 1 unspecified atom stereocenters. The van der Waals surface area contributed by atoms with E-state index in [2.05, 4.69) is 46.0 Å². The molecule has 0 N–H and O–H groups in total. The molecule has 13 heavy (non-hydrogen) atoms. The van der Waals surface area contributed by atoms with E-state index in [-0.39, 0.29) is 0 Å². The summed E-state index contributed by atoms with van der Waals surface area (Å²) >= 11 is 0. The van der Waals surface area contributed by atoms with Gasteiger partial charge in [-0.25, -0.2) is 0 Å². The van der Waals surface area contributed by atoms with Gasteiger partial charge in [0.15, 0.2) is 8.32 Å². The van der Waals surface area contributed by atoms with E-state index in [4.69, 9.17) is 4.43 Å². The Morgan fingerprint density at radius 1 is 1.38 bits per heavy atom. The molecule has 0 aromatic rings. The molecule has 0 spiro atoms. The molecule has 0 aliphatic heterocycles. The van der Waals surface area contributed by atoms with Crippen LogP contribution < -0.4 is 0 Å². The molecule has 0 aliphatic rings. The molecule has 0 amide bonds. The van der Waals surface area contributed by atoms with E-state index in [1.807, 2.05) is 0 Å². The number of rotatable bonds is 6. The predicted octanol–water partition coefficient (Wildman–Crippen LogP) is 3.97. The second-order valence-corrected chi connectivity index (χ2v) is 8.57. The minimum absolute atomic E-state index is 0.753. The van der Waals surface area contributed by atoms with E-state index in [0.29, 0.717) is 0 Å². The number of allylic oxidation sites excluding steroid dienone is 2. The fraction of sp³-hybridized carbons (Fsp3) is 0.818. The van der Waals surface area contributed by atoms with E-state index in [0.717, 1.165) is 12.1 Å². The highest BCUT2D eigenvalue weighted by Gasteiger charge is 2.28. The van der Waals surface area contributed by atoms with E-state index in [9.17, 15) is 0 Å². The normalized spacial score (nSPS) is 15.2. The fourth-order valence-electron chi connectivity index (χ4n) is 1.37. The summed E-state index contributed by atoms with van der Waals surface area (Å²) in [5.41, 5.74) is 0.753. The highest BCUT2D eigenvalue weighted by atomic mass is 28.4. The maximum Gasteiger partial charge on any atom is 0.189 e. The summed E-state index contributed by atoms with van der Waals surface area (Å²) in [7, 11) is -1.39. The SMILES string of the molecule is C/C=C/CCC(C)[Si](C)(C)OCC. The molecule has 1 nitrogen and oxygen atoms in total. The van der Waals surface area contributed by atoms with Crippen LogP contribution in [0.15, 0.2) is 12.2 Å². The maximum absolute atomic E-state index is 5.84. The van der Waals surface area contributed by atoms with Crippen LogP contribution in [0.1, 0.15) is 33.6 Å². The van der Waals surface area contributed by atoms with Crippen LogP contribution in [0.3, 0.4) is 0 Å². The van der Waals surface area contributed by atoms with Gasteiger partial charge < -0.3 is 4.43 Å². The highest BCUT2D eigenvalue weighted by molar-refractivity contribution is 6.72. The van der Waals surface area contributed by atoms with Crippen molar-refractivity contribution in [3.05, 3.63) is 12.2 Å². The van der Waals surface area contributed by atoms with Crippen molar-refractivity contribution >= 4 is 8.32 Å². The van der Waals surface area contributed by atoms with Crippen LogP contribution in [0.4, 0.5) is 0 Å². The van der Waals surface area contributed by atoms with Crippen LogP contribution in [-0.2, 0) is 4.43 Å². The van der Waals surface area contributed by atoms with Gasteiger partial charge in [-0.2, -0.15) is 0 Å². The molecule has 1 atom stereocenters. The Morgan fingerprint density at radius 3 is 2.46 bits per heavy atom. The third-order valence-corrected chi connectivity index (χ3v) is 6.40. The summed E-state index contributed by atoms with van der Waals surface area (Å²) in [6, 6.07) is 0. The molecule has 0 saturated carbocycles. The average Bonchev–Trinajstić information content (AvgIpc) is 2.04. The summed E-state index contributed by atoms with van der Waals surface area (Å²) in [5, 5.41) is 0. The fourth-order valence-corrected chi connectivity index (χ4v) is 3.27. The van der Waals surface area contributed by atoms with Gasteiger partial charge in [0.25, 0.3) is 0 Å². The van der Waals surface area contributed by atoms with E-state index in [1.165, 1.54) is 12.8 Å². The van der Waals surface area contributed by atoms with E-state index < -0.39 is 8.32 Å². The number of hydrogen-bond donors (Lipinski definition) is 0. The lowest BCUT2D eigenvalue weighted by molar-refractivity contribution is 0.319. The van der Waals surface area contributed by atoms with Crippen molar-refractivity contribution in [3.63, 3.8) is 0 Å². The molecular formula is C11H24OSi. The van der Waals surface area contributed by atoms with Gasteiger partial charge in [-0.05, 0) is 45.3 Å². The third-order valence-electron chi connectivity index (χ3n) is 2.71. The molecule has 2 heteroatoms. The van der Waals surface area contributed by atoms with Gasteiger partial charge >= 0.3 is 0 Å². The molecule has 0 aromatic heterocycles. The van der Waals surface area contributed by atoms with Gasteiger partial charge in [0, 0.05) is 6.61 Å². The largest absolute Gasteiger partial charge is 0.417 e. The second-order valence-electron chi connectivity index (χ2n) is 4.08. The first-order valence-corrected chi connectivity index (χ1v) is 8.28. The summed E-state index contributed by atoms with van der Waals surface area (Å²) in [4.78, 5) is 0. The molecule has 78 valence electrons. The lowest BCUT2D eigenvalue weighted by Gasteiger charge is -2.28. The van der Waals surface area contributed by atoms with Crippen LogP contribution in [0, 0.1) is 0 Å². The Balaban J connectivity index is 3.85. The van der Waals surface area contributed by atoms with Crippen LogP contribution >= 0.6 is 0 Å². The minimum atomic E-state index is -1.39. The van der Waals surface area contributed by atoms with Crippen LogP contribution in [0.2, 0.25) is 18.6 Å². The molecule has 0 saturated heterocycles. The average molecular weight is 200 g/mol. The first-order chi connectivity index (χ1) is 6.04. The standard InChI is InChI=1S/C11H24OSi/c1-6-8-9-10-11(3)13(4,5)12-7-2/h6,8,11H,7,9-10H2,1-5H3/b8-6+. The maximum atomic E-state index is 5.84. The van der Waals surface area contributed by atoms with Gasteiger partial charge in [0.2, 0.25) is 0 Å². The second kappa shape index (κ2) is 6.38. The molecule has 0 aliphatic carbocycles. The van der Waals surface area contributed by atoms with Crippen LogP contribution in [0.25, 0.3) is 0 Å². The molecule has 0 bridgehead atoms. The zero-order chi connectivity index (χ0) is 10.3. The first-order valence-electron chi connectivity index (χ1n) is 5.29. The van der Waals surface area contributed by atoms with Gasteiger partial charge in [0.05, 0.1) is 0 Å². The summed E-state index contributed by atoms with van der Waals surface area (Å²) in [6.07, 6.45) is 6.83. The molecule has 0 rings (SSSR count). The zero-order valence-electron chi connectivity index (χ0n) is 9.76. The Morgan fingerprint density at radius 2 is 2.00 bits per heavy atom. The molecule has 0 heterocycles. The van der Waals surface area contributed by atoms with Crippen molar-refractivity contribution in [3.8, 4) is 0 Å². The van der Waals surface area contributed by atoms with Crippen LogP contribution in [0.5, 0.6) is 0 Å². The van der Waals surface area contributed by atoms with Crippen LogP contribution in [-0.4, -0.2) is 14.9 Å². The number of hydrogen-bond acceptors (Lipinski definition) is 1. The minimum Gasteiger partial charge on any atom is -0.417 e. The van der Waals surface area contributed by atoms with Crippen molar-refractivity contribution in [1.82, 2.24) is 0 Å². The summed E-state index contributed by atoms with van der Waals surface area (Å²) < 4.78 is 5.84. The molecule has 0 radical (unpaired) electrons. The van der Waals surface area contributed by atoms with E-state index >= 15 is 0 Å². The first kappa shape index (κ1) is 12.9. The third kappa shape index (κ3) is 5.27. The van der Waals surface area contributed by atoms with Gasteiger partial charge in [0.1, 0.15) is 0 Å². The lowest BCUT2D eigenvalue weighted by atomic mass is 10.2. The highest BCUT2D eigenvalue weighted by Crippen LogP contribution is 2.27. The van der Waals surface area contributed by atoms with Crippen molar-refractivity contribution in [2.45, 2.75) is 52.2 Å². The van der Waals surface area contributed by atoms with Crippen molar-refractivity contribution in [1.29, 1.82) is 0 Å². The Bertz CT molecular complexity index is 152. The van der Waals surface area contributed by atoms with Crippen molar-refractivity contribution < 1.29 is 4.43 Å².